The Balaban J connectivity index is 2.06. The van der Waals surface area contributed by atoms with Gasteiger partial charge in [-0.3, -0.25) is 4.90 Å². The molecular weight excluding hydrogens is 150 g/mol. The Kier molecular flexibility index (Phi) is 3.46. The molecule has 1 saturated heterocycles. The van der Waals surface area contributed by atoms with E-state index in [1.54, 1.807) is 7.11 Å². The summed E-state index contributed by atoms with van der Waals surface area (Å²) in [7, 11) is 1.73. The molecule has 0 saturated carbocycles. The Hall–Kier alpha value is 0.210. The zero-order chi connectivity index (χ0) is 7.40. The van der Waals surface area contributed by atoms with Gasteiger partial charge < -0.3 is 4.74 Å². The van der Waals surface area contributed by atoms with Crippen LogP contribution >= 0.6 is 11.6 Å². The minimum absolute atomic E-state index is 0.372. The second-order valence-electron chi connectivity index (χ2n) is 2.68. The van der Waals surface area contributed by atoms with E-state index in [0.29, 0.717) is 5.38 Å². The van der Waals surface area contributed by atoms with E-state index in [-0.39, 0.29) is 0 Å². The van der Waals surface area contributed by atoms with Gasteiger partial charge in [-0.1, -0.05) is 0 Å². The molecule has 1 fully saturated rings. The normalized spacial score (nSPS) is 27.6. The molecule has 1 rings (SSSR count). The second-order valence-corrected chi connectivity index (χ2v) is 3.30. The van der Waals surface area contributed by atoms with Crippen molar-refractivity contribution in [2.75, 3.05) is 33.4 Å². The van der Waals surface area contributed by atoms with Crippen molar-refractivity contribution in [2.24, 2.45) is 0 Å². The first-order valence-corrected chi connectivity index (χ1v) is 4.12. The maximum absolute atomic E-state index is 5.90. The lowest BCUT2D eigenvalue weighted by molar-refractivity contribution is 0.161. The van der Waals surface area contributed by atoms with Crippen LogP contribution in [0.3, 0.4) is 0 Å². The fraction of sp³-hybridized carbons (Fsp3) is 1.00. The van der Waals surface area contributed by atoms with Crippen LogP contribution in [0.2, 0.25) is 0 Å². The first kappa shape index (κ1) is 8.31. The zero-order valence-corrected chi connectivity index (χ0v) is 7.10. The first-order valence-electron chi connectivity index (χ1n) is 3.68. The van der Waals surface area contributed by atoms with Crippen LogP contribution in [0, 0.1) is 0 Å². The van der Waals surface area contributed by atoms with E-state index in [1.165, 1.54) is 0 Å². The van der Waals surface area contributed by atoms with Gasteiger partial charge in [-0.2, -0.15) is 0 Å². The highest BCUT2D eigenvalue weighted by Crippen LogP contribution is 2.13. The fourth-order valence-corrected chi connectivity index (χ4v) is 1.50. The van der Waals surface area contributed by atoms with Crippen LogP contribution < -0.4 is 0 Å². The van der Waals surface area contributed by atoms with E-state index in [4.69, 9.17) is 16.3 Å². The van der Waals surface area contributed by atoms with Crippen LogP contribution in [0.4, 0.5) is 0 Å². The van der Waals surface area contributed by atoms with Gasteiger partial charge in [0.05, 0.1) is 6.61 Å². The quantitative estimate of drug-likeness (QED) is 0.575. The zero-order valence-electron chi connectivity index (χ0n) is 6.35. The number of hydrogen-bond acceptors (Lipinski definition) is 2. The topological polar surface area (TPSA) is 12.5 Å². The molecule has 0 aromatic carbocycles. The lowest BCUT2D eigenvalue weighted by Gasteiger charge is -2.12. The molecule has 1 aliphatic rings. The SMILES string of the molecule is COCCN1CCC(Cl)C1. The van der Waals surface area contributed by atoms with Gasteiger partial charge in [0.1, 0.15) is 0 Å². The van der Waals surface area contributed by atoms with Crippen LogP contribution in [-0.4, -0.2) is 43.6 Å². The van der Waals surface area contributed by atoms with E-state index in [0.717, 1.165) is 32.7 Å². The number of nitrogens with zero attached hydrogens (tertiary/aromatic N) is 1. The third kappa shape index (κ3) is 2.45. The number of alkyl halides is 1. The van der Waals surface area contributed by atoms with Crippen molar-refractivity contribution in [1.82, 2.24) is 4.90 Å². The van der Waals surface area contributed by atoms with E-state index < -0.39 is 0 Å². The number of rotatable bonds is 3. The van der Waals surface area contributed by atoms with Gasteiger partial charge >= 0.3 is 0 Å². The van der Waals surface area contributed by atoms with Gasteiger partial charge in [-0.05, 0) is 13.0 Å². The number of methoxy groups -OCH3 is 1. The Morgan fingerprint density at radius 1 is 1.70 bits per heavy atom. The molecule has 60 valence electrons. The largest absolute Gasteiger partial charge is 0.383 e. The van der Waals surface area contributed by atoms with Gasteiger partial charge in [-0.15, -0.1) is 11.6 Å². The summed E-state index contributed by atoms with van der Waals surface area (Å²) in [5.41, 5.74) is 0. The molecule has 0 aromatic rings. The molecule has 0 spiro atoms. The van der Waals surface area contributed by atoms with E-state index >= 15 is 0 Å². The lowest BCUT2D eigenvalue weighted by Crippen LogP contribution is -2.24. The predicted molar refractivity (Wildman–Crippen MR) is 42.6 cm³/mol. The summed E-state index contributed by atoms with van der Waals surface area (Å²) in [5, 5.41) is 0.372. The Morgan fingerprint density at radius 3 is 3.00 bits per heavy atom. The molecule has 0 amide bonds. The molecule has 1 atom stereocenters. The summed E-state index contributed by atoms with van der Waals surface area (Å²) in [4.78, 5) is 2.33. The Labute approximate surface area is 67.1 Å². The molecule has 0 bridgehead atoms. The Morgan fingerprint density at radius 2 is 2.50 bits per heavy atom. The average molecular weight is 164 g/mol. The minimum atomic E-state index is 0.372. The predicted octanol–water partition coefficient (Wildman–Crippen LogP) is 0.946. The summed E-state index contributed by atoms with van der Waals surface area (Å²) >= 11 is 5.90. The Bertz CT molecular complexity index is 99.6. The molecule has 1 heterocycles. The van der Waals surface area contributed by atoms with Crippen LogP contribution in [0.1, 0.15) is 6.42 Å². The van der Waals surface area contributed by atoms with Gasteiger partial charge in [0.15, 0.2) is 0 Å². The highest BCUT2D eigenvalue weighted by molar-refractivity contribution is 6.20. The summed E-state index contributed by atoms with van der Waals surface area (Å²) < 4.78 is 4.95. The van der Waals surface area contributed by atoms with Crippen molar-refractivity contribution in [3.8, 4) is 0 Å². The number of halogens is 1. The van der Waals surface area contributed by atoms with Crippen LogP contribution in [-0.2, 0) is 4.74 Å². The molecule has 10 heavy (non-hydrogen) atoms. The third-order valence-corrected chi connectivity index (χ3v) is 2.18. The lowest BCUT2D eigenvalue weighted by atomic mass is 10.4. The van der Waals surface area contributed by atoms with Gasteiger partial charge in [0.2, 0.25) is 0 Å². The molecular formula is C7H14ClNO. The minimum Gasteiger partial charge on any atom is -0.383 e. The van der Waals surface area contributed by atoms with Gasteiger partial charge in [0.25, 0.3) is 0 Å². The van der Waals surface area contributed by atoms with Crippen LogP contribution in [0.5, 0.6) is 0 Å². The molecule has 1 aliphatic heterocycles. The second kappa shape index (κ2) is 4.16. The maximum Gasteiger partial charge on any atom is 0.0589 e. The monoisotopic (exact) mass is 163 g/mol. The number of hydrogen-bond donors (Lipinski definition) is 0. The number of ether oxygens (including phenoxy) is 1. The molecule has 0 aromatic heterocycles. The smallest absolute Gasteiger partial charge is 0.0589 e. The van der Waals surface area contributed by atoms with Crippen molar-refractivity contribution in [3.05, 3.63) is 0 Å². The van der Waals surface area contributed by atoms with Crippen molar-refractivity contribution in [3.63, 3.8) is 0 Å². The molecule has 3 heteroatoms. The average Bonchev–Trinajstić information content (AvgIpc) is 2.31. The highest BCUT2D eigenvalue weighted by atomic mass is 35.5. The summed E-state index contributed by atoms with van der Waals surface area (Å²) in [5.74, 6) is 0. The van der Waals surface area contributed by atoms with Crippen molar-refractivity contribution < 1.29 is 4.74 Å². The van der Waals surface area contributed by atoms with E-state index in [9.17, 15) is 0 Å². The first-order chi connectivity index (χ1) is 4.83. The fourth-order valence-electron chi connectivity index (χ4n) is 1.21. The molecule has 2 nitrogen and oxygen atoms in total. The maximum atomic E-state index is 5.90. The molecule has 0 aliphatic carbocycles. The van der Waals surface area contributed by atoms with Crippen molar-refractivity contribution in [1.29, 1.82) is 0 Å². The molecule has 0 radical (unpaired) electrons. The van der Waals surface area contributed by atoms with Crippen molar-refractivity contribution in [2.45, 2.75) is 11.8 Å². The number of likely N-dealkylation sites (tertiary alicyclic amines) is 1. The summed E-state index contributed by atoms with van der Waals surface area (Å²) in [6.07, 6.45) is 1.13. The highest BCUT2D eigenvalue weighted by Gasteiger charge is 2.18. The summed E-state index contributed by atoms with van der Waals surface area (Å²) in [6, 6.07) is 0. The van der Waals surface area contributed by atoms with E-state index in [1.807, 2.05) is 0 Å². The molecule has 0 N–H and O–H groups in total. The van der Waals surface area contributed by atoms with Gasteiger partial charge in [-0.25, -0.2) is 0 Å². The van der Waals surface area contributed by atoms with Crippen LogP contribution in [0.25, 0.3) is 0 Å². The third-order valence-electron chi connectivity index (χ3n) is 1.83. The summed E-state index contributed by atoms with van der Waals surface area (Å²) in [6.45, 7) is 4.02. The van der Waals surface area contributed by atoms with Crippen LogP contribution in [0.15, 0.2) is 0 Å². The van der Waals surface area contributed by atoms with Crippen molar-refractivity contribution >= 4 is 11.6 Å². The molecule has 1 unspecified atom stereocenters. The van der Waals surface area contributed by atoms with Gasteiger partial charge in [0, 0.05) is 25.6 Å². The standard InChI is InChI=1S/C7H14ClNO/c1-10-5-4-9-3-2-7(8)6-9/h7H,2-6H2,1H3. The van der Waals surface area contributed by atoms with E-state index in [2.05, 4.69) is 4.90 Å².